The Morgan fingerprint density at radius 3 is 1.50 bits per heavy atom. The molecule has 282 valence electrons. The second-order valence-corrected chi connectivity index (χ2v) is 15.3. The van der Waals surface area contributed by atoms with Crippen LogP contribution in [0.15, 0.2) is 243 Å². The van der Waals surface area contributed by atoms with Crippen molar-refractivity contribution in [2.24, 2.45) is 0 Å². The van der Waals surface area contributed by atoms with Crippen molar-refractivity contribution < 1.29 is 0 Å². The minimum Gasteiger partial charge on any atom is -0.309 e. The summed E-state index contributed by atoms with van der Waals surface area (Å²) in [5.74, 6) is 0. The Morgan fingerprint density at radius 1 is 0.267 bits per heavy atom. The highest BCUT2D eigenvalue weighted by Gasteiger charge is 2.23. The Labute approximate surface area is 350 Å². The molecule has 0 amide bonds. The lowest BCUT2D eigenvalue weighted by Crippen LogP contribution is -2.12. The SMILES string of the molecule is c1ccc(-c2ccc(-c3ccc(N(c4ccc5c6ccccc6n(-c6ccccc6-c6ccccc6)c5c4)c4ccccc4-c4ccccc4)c4ccccc34)cc2)cc1. The first-order valence-electron chi connectivity index (χ1n) is 20.6. The van der Waals surface area contributed by atoms with Crippen LogP contribution in [0, 0.1) is 0 Å². The van der Waals surface area contributed by atoms with Gasteiger partial charge in [0.05, 0.1) is 28.1 Å². The van der Waals surface area contributed by atoms with Crippen molar-refractivity contribution >= 4 is 49.6 Å². The average molecular weight is 765 g/mol. The molecular formula is C58H40N2. The molecule has 0 aliphatic rings. The maximum absolute atomic E-state index is 2.47. The number of hydrogen-bond donors (Lipinski definition) is 0. The lowest BCUT2D eigenvalue weighted by atomic mass is 9.94. The standard InChI is InChI=1S/C58H40N2/c1-4-18-41(19-5-1)42-32-34-45(35-33-42)47-38-39-57(51-27-11-10-26-50(47)51)59(54-29-15-12-24-48(54)43-20-6-2-7-21-43)46-36-37-53-52-28-14-17-31-56(52)60(58(53)40-46)55-30-16-13-25-49(55)44-22-8-3-9-23-44/h1-40H. The zero-order valence-corrected chi connectivity index (χ0v) is 33.0. The van der Waals surface area contributed by atoms with Crippen molar-refractivity contribution in [3.63, 3.8) is 0 Å². The monoisotopic (exact) mass is 764 g/mol. The van der Waals surface area contributed by atoms with Crippen LogP contribution in [0.4, 0.5) is 17.1 Å². The Morgan fingerprint density at radius 2 is 0.767 bits per heavy atom. The van der Waals surface area contributed by atoms with Crippen LogP contribution in [0.3, 0.4) is 0 Å². The molecule has 0 radical (unpaired) electrons. The van der Waals surface area contributed by atoms with Gasteiger partial charge in [-0.1, -0.05) is 206 Å². The molecule has 2 heteroatoms. The minimum absolute atomic E-state index is 1.08. The molecule has 11 aromatic rings. The molecule has 0 atom stereocenters. The predicted octanol–water partition coefficient (Wildman–Crippen LogP) is 16.1. The smallest absolute Gasteiger partial charge is 0.0562 e. The van der Waals surface area contributed by atoms with Crippen molar-refractivity contribution in [2.45, 2.75) is 0 Å². The summed E-state index contributed by atoms with van der Waals surface area (Å²) >= 11 is 0. The van der Waals surface area contributed by atoms with Gasteiger partial charge in [0.15, 0.2) is 0 Å². The first-order chi connectivity index (χ1) is 29.8. The lowest BCUT2D eigenvalue weighted by molar-refractivity contribution is 1.18. The Hall–Kier alpha value is -7.94. The molecule has 11 rings (SSSR count). The molecule has 0 saturated carbocycles. The van der Waals surface area contributed by atoms with E-state index in [9.17, 15) is 0 Å². The summed E-state index contributed by atoms with van der Waals surface area (Å²) in [4.78, 5) is 2.47. The van der Waals surface area contributed by atoms with Crippen molar-refractivity contribution in [2.75, 3.05) is 4.90 Å². The highest BCUT2D eigenvalue weighted by Crippen LogP contribution is 2.47. The largest absolute Gasteiger partial charge is 0.309 e. The average Bonchev–Trinajstić information content (AvgIpc) is 3.66. The molecule has 0 spiro atoms. The van der Waals surface area contributed by atoms with Crippen LogP contribution < -0.4 is 4.90 Å². The van der Waals surface area contributed by atoms with E-state index >= 15 is 0 Å². The van der Waals surface area contributed by atoms with E-state index in [2.05, 4.69) is 252 Å². The Kier molecular flexibility index (Phi) is 8.87. The molecule has 0 aliphatic heterocycles. The number of nitrogens with zero attached hydrogens (tertiary/aromatic N) is 2. The number of benzene rings is 10. The zero-order chi connectivity index (χ0) is 39.8. The molecule has 60 heavy (non-hydrogen) atoms. The third kappa shape index (κ3) is 6.14. The molecule has 0 unspecified atom stereocenters. The maximum Gasteiger partial charge on any atom is 0.0562 e. The number of para-hydroxylation sites is 3. The van der Waals surface area contributed by atoms with E-state index < -0.39 is 0 Å². The molecule has 10 aromatic carbocycles. The van der Waals surface area contributed by atoms with Gasteiger partial charge >= 0.3 is 0 Å². The van der Waals surface area contributed by atoms with Crippen molar-refractivity contribution in [3.05, 3.63) is 243 Å². The van der Waals surface area contributed by atoms with Crippen molar-refractivity contribution in [3.8, 4) is 50.2 Å². The van der Waals surface area contributed by atoms with Gasteiger partial charge in [-0.25, -0.2) is 0 Å². The van der Waals surface area contributed by atoms with Crippen LogP contribution in [0.2, 0.25) is 0 Å². The summed E-state index contributed by atoms with van der Waals surface area (Å²) in [6.07, 6.45) is 0. The maximum atomic E-state index is 2.47. The van der Waals surface area contributed by atoms with Crippen molar-refractivity contribution in [1.29, 1.82) is 0 Å². The third-order valence-corrected chi connectivity index (χ3v) is 11.8. The van der Waals surface area contributed by atoms with E-state index in [1.165, 1.54) is 66.0 Å². The lowest BCUT2D eigenvalue weighted by Gasteiger charge is -2.30. The number of anilines is 3. The number of hydrogen-bond acceptors (Lipinski definition) is 1. The van der Waals surface area contributed by atoms with Gasteiger partial charge in [0.1, 0.15) is 0 Å². The molecular weight excluding hydrogens is 725 g/mol. The van der Waals surface area contributed by atoms with Gasteiger partial charge in [0.2, 0.25) is 0 Å². The van der Waals surface area contributed by atoms with Crippen LogP contribution in [0.5, 0.6) is 0 Å². The third-order valence-electron chi connectivity index (χ3n) is 11.8. The second-order valence-electron chi connectivity index (χ2n) is 15.3. The van der Waals surface area contributed by atoms with Crippen LogP contribution in [0.25, 0.3) is 82.8 Å². The summed E-state index contributed by atoms with van der Waals surface area (Å²) in [5.41, 5.74) is 16.3. The van der Waals surface area contributed by atoms with Gasteiger partial charge in [0.25, 0.3) is 0 Å². The van der Waals surface area contributed by atoms with E-state index in [0.717, 1.165) is 33.8 Å². The predicted molar refractivity (Wildman–Crippen MR) is 255 cm³/mol. The van der Waals surface area contributed by atoms with Crippen molar-refractivity contribution in [1.82, 2.24) is 4.57 Å². The van der Waals surface area contributed by atoms with Gasteiger partial charge in [0, 0.05) is 33.0 Å². The summed E-state index contributed by atoms with van der Waals surface area (Å²) in [5, 5.41) is 4.83. The first kappa shape index (κ1) is 35.2. The van der Waals surface area contributed by atoms with Crippen LogP contribution in [0.1, 0.15) is 0 Å². The Balaban J connectivity index is 1.15. The number of rotatable bonds is 8. The topological polar surface area (TPSA) is 8.17 Å². The van der Waals surface area contributed by atoms with Crippen LogP contribution in [-0.2, 0) is 0 Å². The van der Waals surface area contributed by atoms with E-state index in [0.29, 0.717) is 0 Å². The highest BCUT2D eigenvalue weighted by atomic mass is 15.1. The van der Waals surface area contributed by atoms with E-state index in [4.69, 9.17) is 0 Å². The number of fused-ring (bicyclic) bond motifs is 4. The van der Waals surface area contributed by atoms with Gasteiger partial charge < -0.3 is 9.47 Å². The fourth-order valence-corrected chi connectivity index (χ4v) is 9.03. The molecule has 2 nitrogen and oxygen atoms in total. The van der Waals surface area contributed by atoms with Gasteiger partial charge in [-0.2, -0.15) is 0 Å². The summed E-state index contributed by atoms with van der Waals surface area (Å²) < 4.78 is 2.46. The molecule has 0 saturated heterocycles. The zero-order valence-electron chi connectivity index (χ0n) is 33.0. The van der Waals surface area contributed by atoms with Gasteiger partial charge in [-0.05, 0) is 75.2 Å². The van der Waals surface area contributed by atoms with Crippen LogP contribution in [-0.4, -0.2) is 4.57 Å². The Bertz CT molecular complexity index is 3290. The first-order valence-corrected chi connectivity index (χ1v) is 20.6. The molecule has 1 aromatic heterocycles. The van der Waals surface area contributed by atoms with E-state index in [1.54, 1.807) is 0 Å². The minimum atomic E-state index is 1.08. The molecule has 1 heterocycles. The quantitative estimate of drug-likeness (QED) is 0.150. The van der Waals surface area contributed by atoms with Crippen LogP contribution >= 0.6 is 0 Å². The molecule has 0 fully saturated rings. The van der Waals surface area contributed by atoms with Gasteiger partial charge in [-0.15, -0.1) is 0 Å². The van der Waals surface area contributed by atoms with Gasteiger partial charge in [-0.3, -0.25) is 0 Å². The molecule has 0 aliphatic carbocycles. The fraction of sp³-hybridized carbons (Fsp3) is 0. The summed E-state index contributed by atoms with van der Waals surface area (Å²) in [6.45, 7) is 0. The normalized spacial score (nSPS) is 11.3. The molecule has 0 N–H and O–H groups in total. The summed E-state index contributed by atoms with van der Waals surface area (Å²) in [7, 11) is 0. The highest BCUT2D eigenvalue weighted by molar-refractivity contribution is 6.12. The second kappa shape index (κ2) is 15.1. The van der Waals surface area contributed by atoms with E-state index in [-0.39, 0.29) is 0 Å². The molecule has 0 bridgehead atoms. The summed E-state index contributed by atoms with van der Waals surface area (Å²) in [6, 6.07) is 87.9. The fourth-order valence-electron chi connectivity index (χ4n) is 9.03. The van der Waals surface area contributed by atoms with E-state index in [1.807, 2.05) is 0 Å². The number of aromatic nitrogens is 1.